The Hall–Kier alpha value is -1.20. The van der Waals surface area contributed by atoms with Crippen molar-refractivity contribution in [3.63, 3.8) is 0 Å². The van der Waals surface area contributed by atoms with Crippen molar-refractivity contribution < 1.29 is 13.5 Å². The van der Waals surface area contributed by atoms with E-state index in [-0.39, 0.29) is 12.6 Å². The van der Waals surface area contributed by atoms with Crippen LogP contribution in [0.15, 0.2) is 24.3 Å². The predicted molar refractivity (Wildman–Crippen MR) is 98.4 cm³/mol. The van der Waals surface area contributed by atoms with E-state index < -0.39 is 6.43 Å². The Balaban J connectivity index is 2.02. The van der Waals surface area contributed by atoms with Crippen molar-refractivity contribution in [2.24, 2.45) is 5.92 Å². The Morgan fingerprint density at radius 1 is 1.20 bits per heavy atom. The summed E-state index contributed by atoms with van der Waals surface area (Å²) in [4.78, 5) is 1.87. The third-order valence-corrected chi connectivity index (χ3v) is 4.72. The van der Waals surface area contributed by atoms with Gasteiger partial charge >= 0.3 is 0 Å². The number of ether oxygens (including phenoxy) is 1. The molecule has 25 heavy (non-hydrogen) atoms. The molecule has 0 aliphatic carbocycles. The quantitative estimate of drug-likeness (QED) is 0.707. The number of piperidine rings is 1. The van der Waals surface area contributed by atoms with Crippen LogP contribution in [0.4, 0.5) is 8.78 Å². The summed E-state index contributed by atoms with van der Waals surface area (Å²) in [5.74, 6) is 1.50. The second kappa shape index (κ2) is 10.1. The number of nitrogens with zero attached hydrogens (tertiary/aromatic N) is 1. The maximum absolute atomic E-state index is 12.5. The van der Waals surface area contributed by atoms with Crippen LogP contribution in [0.1, 0.15) is 51.6 Å². The highest BCUT2D eigenvalue weighted by Gasteiger charge is 2.25. The van der Waals surface area contributed by atoms with E-state index >= 15 is 0 Å². The molecule has 1 atom stereocenters. The number of likely N-dealkylation sites (tertiary alicyclic amines) is 1. The zero-order valence-electron chi connectivity index (χ0n) is 15.7. The predicted octanol–water partition coefficient (Wildman–Crippen LogP) is 4.49. The van der Waals surface area contributed by atoms with Crippen LogP contribution >= 0.6 is 0 Å². The van der Waals surface area contributed by atoms with Gasteiger partial charge in [0.25, 0.3) is 6.43 Å². The van der Waals surface area contributed by atoms with Crippen LogP contribution in [0, 0.1) is 5.92 Å². The molecule has 1 fully saturated rings. The molecule has 0 spiro atoms. The fourth-order valence-electron chi connectivity index (χ4n) is 3.57. The van der Waals surface area contributed by atoms with Crippen LogP contribution in [-0.4, -0.2) is 43.6 Å². The van der Waals surface area contributed by atoms with Crippen molar-refractivity contribution >= 4 is 0 Å². The van der Waals surface area contributed by atoms with E-state index in [2.05, 4.69) is 31.3 Å². The molecule has 0 unspecified atom stereocenters. The van der Waals surface area contributed by atoms with Crippen LogP contribution in [0.5, 0.6) is 5.75 Å². The monoisotopic (exact) mass is 354 g/mol. The van der Waals surface area contributed by atoms with E-state index in [1.54, 1.807) is 0 Å². The largest absolute Gasteiger partial charge is 0.494 e. The lowest BCUT2D eigenvalue weighted by Crippen LogP contribution is -2.45. The Bertz CT molecular complexity index is 502. The number of hydrogen-bond donors (Lipinski definition) is 1. The van der Waals surface area contributed by atoms with Gasteiger partial charge in [-0.1, -0.05) is 32.0 Å². The molecule has 2 rings (SSSR count). The first-order valence-electron chi connectivity index (χ1n) is 9.47. The topological polar surface area (TPSA) is 24.5 Å². The summed E-state index contributed by atoms with van der Waals surface area (Å²) in [7, 11) is 0. The van der Waals surface area contributed by atoms with Crippen LogP contribution in [0.25, 0.3) is 0 Å². The van der Waals surface area contributed by atoms with Crippen LogP contribution in [0.3, 0.4) is 0 Å². The molecular weight excluding hydrogens is 322 g/mol. The SMILES string of the molecule is CCOc1ccccc1[C@@H](CC(C)C)NC1CCN(CC(F)F)CC1. The molecule has 1 aromatic carbocycles. The molecule has 1 aromatic rings. The molecule has 0 amide bonds. The third-order valence-electron chi connectivity index (χ3n) is 4.72. The minimum Gasteiger partial charge on any atom is -0.494 e. The molecule has 1 aliphatic heterocycles. The minimum absolute atomic E-state index is 0.102. The lowest BCUT2D eigenvalue weighted by atomic mass is 9.94. The normalized spacial score (nSPS) is 18.0. The van der Waals surface area contributed by atoms with E-state index in [1.807, 2.05) is 24.0 Å². The molecule has 1 aliphatic rings. The Labute approximate surface area is 150 Å². The van der Waals surface area contributed by atoms with Gasteiger partial charge in [0.15, 0.2) is 0 Å². The first kappa shape index (κ1) is 20.1. The molecule has 0 saturated carbocycles. The van der Waals surface area contributed by atoms with E-state index in [0.29, 0.717) is 18.6 Å². The van der Waals surface area contributed by atoms with Crippen LogP contribution in [-0.2, 0) is 0 Å². The van der Waals surface area contributed by atoms with Crippen molar-refractivity contribution in [3.8, 4) is 5.75 Å². The van der Waals surface area contributed by atoms with Gasteiger partial charge in [0.05, 0.1) is 13.2 Å². The molecule has 142 valence electrons. The number of hydrogen-bond acceptors (Lipinski definition) is 3. The summed E-state index contributed by atoms with van der Waals surface area (Å²) < 4.78 is 30.9. The van der Waals surface area contributed by atoms with Crippen LogP contribution in [0.2, 0.25) is 0 Å². The van der Waals surface area contributed by atoms with Crippen LogP contribution < -0.4 is 10.1 Å². The average molecular weight is 354 g/mol. The number of alkyl halides is 2. The highest BCUT2D eigenvalue weighted by atomic mass is 19.3. The highest BCUT2D eigenvalue weighted by Crippen LogP contribution is 2.31. The van der Waals surface area contributed by atoms with Crippen molar-refractivity contribution in [2.45, 2.75) is 58.5 Å². The highest BCUT2D eigenvalue weighted by molar-refractivity contribution is 5.36. The van der Waals surface area contributed by atoms with E-state index in [9.17, 15) is 8.78 Å². The van der Waals surface area contributed by atoms with Gasteiger partial charge in [-0.2, -0.15) is 0 Å². The third kappa shape index (κ3) is 6.55. The van der Waals surface area contributed by atoms with E-state index in [1.165, 1.54) is 5.56 Å². The van der Waals surface area contributed by atoms with Gasteiger partial charge in [0, 0.05) is 17.6 Å². The summed E-state index contributed by atoms with van der Waals surface area (Å²) in [6.07, 6.45) is 0.619. The van der Waals surface area contributed by atoms with Gasteiger partial charge in [0.2, 0.25) is 0 Å². The second-order valence-electron chi connectivity index (χ2n) is 7.29. The van der Waals surface area contributed by atoms with Gasteiger partial charge < -0.3 is 10.1 Å². The van der Waals surface area contributed by atoms with Gasteiger partial charge in [-0.3, -0.25) is 4.90 Å². The first-order chi connectivity index (χ1) is 12.0. The Kier molecular flexibility index (Phi) is 8.10. The molecular formula is C20H32F2N2O. The summed E-state index contributed by atoms with van der Waals surface area (Å²) in [6.45, 7) is 8.48. The summed E-state index contributed by atoms with van der Waals surface area (Å²) in [5.41, 5.74) is 1.20. The standard InChI is InChI=1S/C20H32F2N2O/c1-4-25-19-8-6-5-7-17(19)18(13-15(2)3)23-16-9-11-24(12-10-16)14-20(21)22/h5-8,15-16,18,20,23H,4,9-14H2,1-3H3/t18-/m1/s1. The average Bonchev–Trinajstić information content (AvgIpc) is 2.56. The molecule has 0 aromatic heterocycles. The van der Waals surface area contributed by atoms with E-state index in [0.717, 1.165) is 38.1 Å². The molecule has 0 bridgehead atoms. The number of para-hydroxylation sites is 1. The second-order valence-corrected chi connectivity index (χ2v) is 7.29. The molecule has 3 nitrogen and oxygen atoms in total. The van der Waals surface area contributed by atoms with Crippen molar-refractivity contribution in [3.05, 3.63) is 29.8 Å². The smallest absolute Gasteiger partial charge is 0.251 e. The van der Waals surface area contributed by atoms with Crippen molar-refractivity contribution in [2.75, 3.05) is 26.2 Å². The van der Waals surface area contributed by atoms with Gasteiger partial charge in [-0.05, 0) is 51.3 Å². The first-order valence-corrected chi connectivity index (χ1v) is 9.47. The zero-order valence-corrected chi connectivity index (χ0v) is 15.7. The molecule has 0 radical (unpaired) electrons. The van der Waals surface area contributed by atoms with Gasteiger partial charge in [-0.25, -0.2) is 8.78 Å². The molecule has 1 saturated heterocycles. The minimum atomic E-state index is -2.24. The van der Waals surface area contributed by atoms with Gasteiger partial charge in [0.1, 0.15) is 5.75 Å². The number of rotatable bonds is 9. The maximum atomic E-state index is 12.5. The molecule has 1 N–H and O–H groups in total. The summed E-state index contributed by atoms with van der Waals surface area (Å²) in [5, 5.41) is 3.78. The lowest BCUT2D eigenvalue weighted by Gasteiger charge is -2.35. The molecule has 5 heteroatoms. The van der Waals surface area contributed by atoms with Crippen molar-refractivity contribution in [1.29, 1.82) is 0 Å². The fraction of sp³-hybridized carbons (Fsp3) is 0.700. The lowest BCUT2D eigenvalue weighted by molar-refractivity contribution is 0.0716. The Morgan fingerprint density at radius 3 is 2.48 bits per heavy atom. The summed E-state index contributed by atoms with van der Waals surface area (Å²) in [6, 6.07) is 8.82. The zero-order chi connectivity index (χ0) is 18.2. The van der Waals surface area contributed by atoms with Gasteiger partial charge in [-0.15, -0.1) is 0 Å². The molecule has 1 heterocycles. The fourth-order valence-corrected chi connectivity index (χ4v) is 3.57. The van der Waals surface area contributed by atoms with Crippen molar-refractivity contribution in [1.82, 2.24) is 10.2 Å². The number of nitrogens with one attached hydrogen (secondary N) is 1. The maximum Gasteiger partial charge on any atom is 0.251 e. The summed E-state index contributed by atoms with van der Waals surface area (Å²) >= 11 is 0. The number of benzene rings is 1. The number of halogens is 2. The van der Waals surface area contributed by atoms with E-state index in [4.69, 9.17) is 4.74 Å². The Morgan fingerprint density at radius 2 is 1.88 bits per heavy atom.